The third kappa shape index (κ3) is 2.51. The molecule has 5 heteroatoms. The molecule has 0 fully saturated rings. The van der Waals surface area contributed by atoms with Crippen molar-refractivity contribution in [1.29, 1.82) is 0 Å². The number of aromatic nitrogens is 2. The van der Waals surface area contributed by atoms with Gasteiger partial charge >= 0.3 is 0 Å². The molecule has 1 heterocycles. The summed E-state index contributed by atoms with van der Waals surface area (Å²) in [6, 6.07) is 6.60. The first kappa shape index (κ1) is 12.6. The van der Waals surface area contributed by atoms with Crippen molar-refractivity contribution in [2.45, 2.75) is 26.4 Å². The first-order chi connectivity index (χ1) is 8.53. The van der Waals surface area contributed by atoms with E-state index in [-0.39, 0.29) is 5.75 Å². The zero-order valence-corrected chi connectivity index (χ0v) is 10.7. The molecule has 2 rings (SSSR count). The summed E-state index contributed by atoms with van der Waals surface area (Å²) in [4.78, 5) is 4.32. The van der Waals surface area contributed by atoms with Gasteiger partial charge in [0.2, 0.25) is 5.82 Å². The third-order valence-corrected chi connectivity index (χ3v) is 2.58. The number of hydrogen-bond acceptors (Lipinski definition) is 5. The molecular formula is C13H16N2O3. The highest BCUT2D eigenvalue weighted by atomic mass is 16.5. The maximum absolute atomic E-state index is 9.22. The number of benzene rings is 1. The molecule has 0 aliphatic heterocycles. The van der Waals surface area contributed by atoms with Crippen LogP contribution in [0.25, 0.3) is 11.5 Å². The molecule has 0 bridgehead atoms. The predicted octanol–water partition coefficient (Wildman–Crippen LogP) is 2.71. The van der Waals surface area contributed by atoms with Crippen LogP contribution in [0.4, 0.5) is 0 Å². The maximum atomic E-state index is 9.22. The number of aromatic hydroxyl groups is 1. The van der Waals surface area contributed by atoms with Crippen molar-refractivity contribution >= 4 is 0 Å². The van der Waals surface area contributed by atoms with Gasteiger partial charge in [0.1, 0.15) is 11.4 Å². The van der Waals surface area contributed by atoms with Crippen LogP contribution in [-0.2, 0) is 10.3 Å². The Balaban J connectivity index is 2.28. The van der Waals surface area contributed by atoms with Crippen LogP contribution in [0.3, 0.4) is 0 Å². The van der Waals surface area contributed by atoms with E-state index in [2.05, 4.69) is 10.1 Å². The van der Waals surface area contributed by atoms with E-state index >= 15 is 0 Å². The van der Waals surface area contributed by atoms with Crippen molar-refractivity contribution in [3.63, 3.8) is 0 Å². The Kier molecular flexibility index (Phi) is 3.34. The summed E-state index contributed by atoms with van der Waals surface area (Å²) in [7, 11) is 0. The van der Waals surface area contributed by atoms with E-state index in [9.17, 15) is 5.11 Å². The highest BCUT2D eigenvalue weighted by Gasteiger charge is 2.27. The number of rotatable bonds is 4. The van der Waals surface area contributed by atoms with Gasteiger partial charge < -0.3 is 14.4 Å². The molecule has 18 heavy (non-hydrogen) atoms. The molecule has 96 valence electrons. The standard InChI is InChI=1S/C13H16N2O3/c1-4-17-13(2,3)12-14-11(18-15-12)9-5-7-10(16)8-6-9/h5-8,16H,4H2,1-3H3. The lowest BCUT2D eigenvalue weighted by Gasteiger charge is -2.19. The maximum Gasteiger partial charge on any atom is 0.258 e. The number of phenols is 1. The van der Waals surface area contributed by atoms with E-state index in [1.807, 2.05) is 20.8 Å². The fourth-order valence-electron chi connectivity index (χ4n) is 1.61. The number of nitrogens with zero attached hydrogens (tertiary/aromatic N) is 2. The average molecular weight is 248 g/mol. The fraction of sp³-hybridized carbons (Fsp3) is 0.385. The summed E-state index contributed by atoms with van der Waals surface area (Å²) >= 11 is 0. The highest BCUT2D eigenvalue weighted by molar-refractivity contribution is 5.54. The minimum absolute atomic E-state index is 0.202. The molecule has 1 N–H and O–H groups in total. The zero-order valence-electron chi connectivity index (χ0n) is 10.7. The van der Waals surface area contributed by atoms with Gasteiger partial charge in [-0.15, -0.1) is 0 Å². The molecule has 0 aliphatic carbocycles. The topological polar surface area (TPSA) is 68.4 Å². The molecule has 0 unspecified atom stereocenters. The van der Waals surface area contributed by atoms with Gasteiger partial charge in [0, 0.05) is 12.2 Å². The largest absolute Gasteiger partial charge is 0.508 e. The molecule has 0 spiro atoms. The lowest BCUT2D eigenvalue weighted by Crippen LogP contribution is -2.23. The third-order valence-electron chi connectivity index (χ3n) is 2.58. The Bertz CT molecular complexity index is 517. The van der Waals surface area contributed by atoms with Crippen molar-refractivity contribution in [1.82, 2.24) is 10.1 Å². The molecule has 2 aromatic rings. The average Bonchev–Trinajstić information content (AvgIpc) is 2.80. The van der Waals surface area contributed by atoms with Gasteiger partial charge in [-0.3, -0.25) is 0 Å². The minimum Gasteiger partial charge on any atom is -0.508 e. The van der Waals surface area contributed by atoms with Gasteiger partial charge in [0.15, 0.2) is 0 Å². The number of hydrogen-bond donors (Lipinski definition) is 1. The van der Waals surface area contributed by atoms with Crippen molar-refractivity contribution in [2.75, 3.05) is 6.61 Å². The molecule has 0 atom stereocenters. The van der Waals surface area contributed by atoms with Crippen molar-refractivity contribution in [3.8, 4) is 17.2 Å². The van der Waals surface area contributed by atoms with Crippen LogP contribution in [0, 0.1) is 0 Å². The Hall–Kier alpha value is -1.88. The smallest absolute Gasteiger partial charge is 0.258 e. The number of ether oxygens (including phenoxy) is 1. The van der Waals surface area contributed by atoms with E-state index in [1.165, 1.54) is 0 Å². The quantitative estimate of drug-likeness (QED) is 0.900. The van der Waals surface area contributed by atoms with Crippen LogP contribution in [0.15, 0.2) is 28.8 Å². The monoisotopic (exact) mass is 248 g/mol. The van der Waals surface area contributed by atoms with Crippen molar-refractivity contribution in [3.05, 3.63) is 30.1 Å². The van der Waals surface area contributed by atoms with E-state index in [1.54, 1.807) is 24.3 Å². The van der Waals surface area contributed by atoms with Crippen molar-refractivity contribution < 1.29 is 14.4 Å². The van der Waals surface area contributed by atoms with Gasteiger partial charge in [-0.05, 0) is 45.0 Å². The van der Waals surface area contributed by atoms with E-state index in [4.69, 9.17) is 9.26 Å². The lowest BCUT2D eigenvalue weighted by molar-refractivity contribution is -0.0221. The molecule has 0 aliphatic rings. The van der Waals surface area contributed by atoms with E-state index < -0.39 is 5.60 Å². The summed E-state index contributed by atoms with van der Waals surface area (Å²) < 4.78 is 10.8. The zero-order chi connectivity index (χ0) is 13.2. The molecule has 1 aromatic heterocycles. The summed E-state index contributed by atoms with van der Waals surface area (Å²) in [5.74, 6) is 1.12. The molecule has 0 radical (unpaired) electrons. The number of phenolic OH excluding ortho intramolecular Hbond substituents is 1. The first-order valence-corrected chi connectivity index (χ1v) is 5.80. The van der Waals surface area contributed by atoms with Crippen LogP contribution < -0.4 is 0 Å². The van der Waals surface area contributed by atoms with E-state index in [0.29, 0.717) is 18.3 Å². The van der Waals surface area contributed by atoms with Crippen LogP contribution in [0.2, 0.25) is 0 Å². The molecule has 0 saturated heterocycles. The normalized spacial score (nSPS) is 11.7. The van der Waals surface area contributed by atoms with Crippen LogP contribution >= 0.6 is 0 Å². The van der Waals surface area contributed by atoms with E-state index in [0.717, 1.165) is 5.56 Å². The highest BCUT2D eigenvalue weighted by Crippen LogP contribution is 2.25. The van der Waals surface area contributed by atoms with Crippen molar-refractivity contribution in [2.24, 2.45) is 0 Å². The van der Waals surface area contributed by atoms with Crippen LogP contribution in [0.1, 0.15) is 26.6 Å². The van der Waals surface area contributed by atoms with Crippen LogP contribution in [0.5, 0.6) is 5.75 Å². The van der Waals surface area contributed by atoms with Gasteiger partial charge in [-0.25, -0.2) is 0 Å². The Morgan fingerprint density at radius 3 is 2.56 bits per heavy atom. The Labute approximate surface area is 105 Å². The summed E-state index contributed by atoms with van der Waals surface area (Å²) in [5.41, 5.74) is 0.187. The Morgan fingerprint density at radius 1 is 1.28 bits per heavy atom. The van der Waals surface area contributed by atoms with Gasteiger partial charge in [-0.1, -0.05) is 5.16 Å². The summed E-state index contributed by atoms with van der Waals surface area (Å²) in [6.07, 6.45) is 0. The second-order valence-corrected chi connectivity index (χ2v) is 4.41. The molecule has 0 amide bonds. The molecule has 1 aromatic carbocycles. The summed E-state index contributed by atoms with van der Waals surface area (Å²) in [6.45, 7) is 6.28. The minimum atomic E-state index is -0.576. The molecule has 5 nitrogen and oxygen atoms in total. The molecular weight excluding hydrogens is 232 g/mol. The van der Waals surface area contributed by atoms with Gasteiger partial charge in [0.25, 0.3) is 5.89 Å². The SMILES string of the molecule is CCOC(C)(C)c1noc(-c2ccc(O)cc2)n1. The van der Waals surface area contributed by atoms with Crippen LogP contribution in [-0.4, -0.2) is 21.9 Å². The fourth-order valence-corrected chi connectivity index (χ4v) is 1.61. The Morgan fingerprint density at radius 2 is 1.94 bits per heavy atom. The summed E-state index contributed by atoms with van der Waals surface area (Å²) in [5, 5.41) is 13.2. The predicted molar refractivity (Wildman–Crippen MR) is 66.1 cm³/mol. The first-order valence-electron chi connectivity index (χ1n) is 5.80. The lowest BCUT2D eigenvalue weighted by atomic mass is 10.1. The van der Waals surface area contributed by atoms with Gasteiger partial charge in [-0.2, -0.15) is 4.98 Å². The van der Waals surface area contributed by atoms with Gasteiger partial charge in [0.05, 0.1) is 0 Å². The second-order valence-electron chi connectivity index (χ2n) is 4.41. The molecule has 0 saturated carbocycles. The second kappa shape index (κ2) is 4.78.